The van der Waals surface area contributed by atoms with E-state index < -0.39 is 15.9 Å². The first kappa shape index (κ1) is 22.4. The van der Waals surface area contributed by atoms with E-state index in [0.717, 1.165) is 15.6 Å². The van der Waals surface area contributed by atoms with Gasteiger partial charge in [0.1, 0.15) is 11.4 Å². The molecule has 0 spiro atoms. The molecule has 0 radical (unpaired) electrons. The molecule has 3 aromatic rings. The molecule has 0 atom stereocenters. The molecule has 0 saturated carbocycles. The largest absolute Gasteiger partial charge is 0.495 e. The van der Waals surface area contributed by atoms with Gasteiger partial charge in [-0.15, -0.1) is 11.3 Å². The Morgan fingerprint density at radius 3 is 2.52 bits per heavy atom. The Bertz CT molecular complexity index is 1250. The number of rotatable bonds is 7. The number of carbonyl (C=O) groups excluding carboxylic acids is 2. The summed E-state index contributed by atoms with van der Waals surface area (Å²) in [5, 5.41) is 4.43. The molecule has 31 heavy (non-hydrogen) atoms. The Hall–Kier alpha value is -3.24. The molecule has 0 aliphatic rings. The number of nitrogens with one attached hydrogen (secondary N) is 1. The predicted molar refractivity (Wildman–Crippen MR) is 120 cm³/mol. The molecule has 8 nitrogen and oxygen atoms in total. The number of nitrogens with zero attached hydrogens (tertiary/aromatic N) is 2. The fraction of sp³-hybridized carbons (Fsp3) is 0.190. The van der Waals surface area contributed by atoms with Crippen LogP contribution in [-0.2, 0) is 10.0 Å². The second-order valence-electron chi connectivity index (χ2n) is 6.67. The summed E-state index contributed by atoms with van der Waals surface area (Å²) in [6.07, 6.45) is 0. The van der Waals surface area contributed by atoms with Gasteiger partial charge in [-0.3, -0.25) is 19.2 Å². The van der Waals surface area contributed by atoms with Gasteiger partial charge in [0.25, 0.3) is 15.9 Å². The Morgan fingerprint density at radius 1 is 1.16 bits per heavy atom. The van der Waals surface area contributed by atoms with Crippen LogP contribution >= 0.6 is 11.3 Å². The maximum atomic E-state index is 13.2. The second-order valence-corrected chi connectivity index (χ2v) is 9.50. The highest BCUT2D eigenvalue weighted by molar-refractivity contribution is 7.92. The van der Waals surface area contributed by atoms with Crippen LogP contribution in [0, 0.1) is 6.92 Å². The molecule has 2 aromatic carbocycles. The van der Waals surface area contributed by atoms with Gasteiger partial charge >= 0.3 is 0 Å². The Kier molecular flexibility index (Phi) is 6.42. The zero-order valence-electron chi connectivity index (χ0n) is 17.4. The number of ketones is 1. The molecular formula is C21H21N3O5S2. The van der Waals surface area contributed by atoms with Gasteiger partial charge in [-0.25, -0.2) is 13.4 Å². The van der Waals surface area contributed by atoms with Gasteiger partial charge in [-0.2, -0.15) is 0 Å². The first-order chi connectivity index (χ1) is 14.6. The SMILES string of the molecule is COc1ccccc1N(C)S(=O)(=O)c1ccc(C)c(C(=O)Nc2nc(C(C)=O)cs2)c1. The Balaban J connectivity index is 1.93. The number of para-hydroxylation sites is 2. The number of hydrogen-bond donors (Lipinski definition) is 1. The summed E-state index contributed by atoms with van der Waals surface area (Å²) in [5.74, 6) is -0.317. The van der Waals surface area contributed by atoms with Crippen molar-refractivity contribution in [2.24, 2.45) is 0 Å². The van der Waals surface area contributed by atoms with E-state index in [4.69, 9.17) is 4.74 Å². The highest BCUT2D eigenvalue weighted by Gasteiger charge is 2.25. The van der Waals surface area contributed by atoms with E-state index in [9.17, 15) is 18.0 Å². The van der Waals surface area contributed by atoms with Crippen LogP contribution in [0.3, 0.4) is 0 Å². The quantitative estimate of drug-likeness (QED) is 0.540. The van der Waals surface area contributed by atoms with Gasteiger partial charge in [0.15, 0.2) is 10.9 Å². The van der Waals surface area contributed by atoms with Crippen molar-refractivity contribution in [2.45, 2.75) is 18.7 Å². The van der Waals surface area contributed by atoms with E-state index in [1.54, 1.807) is 42.6 Å². The van der Waals surface area contributed by atoms with Crippen molar-refractivity contribution in [3.8, 4) is 5.75 Å². The predicted octanol–water partition coefficient (Wildman–Crippen LogP) is 3.74. The van der Waals surface area contributed by atoms with Gasteiger partial charge < -0.3 is 4.74 Å². The number of methoxy groups -OCH3 is 1. The number of amides is 1. The molecule has 3 rings (SSSR count). The van der Waals surface area contributed by atoms with Crippen molar-refractivity contribution in [2.75, 3.05) is 23.8 Å². The van der Waals surface area contributed by atoms with E-state index >= 15 is 0 Å². The molecule has 1 heterocycles. The molecule has 0 aliphatic carbocycles. The van der Waals surface area contributed by atoms with Gasteiger partial charge in [0.05, 0.1) is 17.7 Å². The molecule has 0 bridgehead atoms. The third-order valence-electron chi connectivity index (χ3n) is 4.62. The molecule has 1 aromatic heterocycles. The number of thiazole rings is 1. The van der Waals surface area contributed by atoms with Crippen LogP contribution in [-0.4, -0.2) is 39.2 Å². The third-order valence-corrected chi connectivity index (χ3v) is 7.15. The van der Waals surface area contributed by atoms with Crippen LogP contribution in [0.15, 0.2) is 52.7 Å². The summed E-state index contributed by atoms with van der Waals surface area (Å²) < 4.78 is 32.8. The third kappa shape index (κ3) is 4.59. The number of carbonyl (C=O) groups is 2. The van der Waals surface area contributed by atoms with Crippen LogP contribution < -0.4 is 14.4 Å². The highest BCUT2D eigenvalue weighted by atomic mass is 32.2. The molecule has 162 valence electrons. The molecule has 0 saturated heterocycles. The molecule has 0 fully saturated rings. The second kappa shape index (κ2) is 8.86. The minimum Gasteiger partial charge on any atom is -0.495 e. The number of ether oxygens (including phenoxy) is 1. The lowest BCUT2D eigenvalue weighted by molar-refractivity contribution is 0.100. The lowest BCUT2D eigenvalue weighted by Crippen LogP contribution is -2.27. The van der Waals surface area contributed by atoms with Crippen molar-refractivity contribution in [3.63, 3.8) is 0 Å². The molecule has 0 aliphatic heterocycles. The van der Waals surface area contributed by atoms with Crippen LogP contribution in [0.2, 0.25) is 0 Å². The maximum Gasteiger partial charge on any atom is 0.264 e. The molecular weight excluding hydrogens is 438 g/mol. The average molecular weight is 460 g/mol. The number of aromatic nitrogens is 1. The minimum atomic E-state index is -3.96. The van der Waals surface area contributed by atoms with E-state index in [2.05, 4.69) is 10.3 Å². The van der Waals surface area contributed by atoms with E-state index in [1.165, 1.54) is 33.2 Å². The van der Waals surface area contributed by atoms with Crippen molar-refractivity contribution in [3.05, 3.63) is 64.7 Å². The Morgan fingerprint density at radius 2 is 1.87 bits per heavy atom. The average Bonchev–Trinajstić information content (AvgIpc) is 3.22. The zero-order chi connectivity index (χ0) is 22.8. The normalized spacial score (nSPS) is 11.1. The molecule has 0 unspecified atom stereocenters. The van der Waals surface area contributed by atoms with E-state index in [1.807, 2.05) is 0 Å². The van der Waals surface area contributed by atoms with Crippen molar-refractivity contribution in [1.82, 2.24) is 4.98 Å². The van der Waals surface area contributed by atoms with Gasteiger partial charge in [0, 0.05) is 24.9 Å². The van der Waals surface area contributed by atoms with Crippen LogP contribution in [0.4, 0.5) is 10.8 Å². The summed E-state index contributed by atoms with van der Waals surface area (Å²) in [4.78, 5) is 28.2. The van der Waals surface area contributed by atoms with Crippen LogP contribution in [0.1, 0.15) is 33.3 Å². The number of Topliss-reactive ketones (excluding diaryl/α,β-unsaturated/α-hetero) is 1. The summed E-state index contributed by atoms with van der Waals surface area (Å²) >= 11 is 1.12. The maximum absolute atomic E-state index is 13.2. The lowest BCUT2D eigenvalue weighted by Gasteiger charge is -2.22. The highest BCUT2D eigenvalue weighted by Crippen LogP contribution is 2.31. The van der Waals surface area contributed by atoms with Crippen molar-refractivity contribution in [1.29, 1.82) is 0 Å². The number of hydrogen-bond acceptors (Lipinski definition) is 7. The summed E-state index contributed by atoms with van der Waals surface area (Å²) in [5.41, 5.74) is 1.41. The van der Waals surface area contributed by atoms with Gasteiger partial charge in [0.2, 0.25) is 0 Å². The van der Waals surface area contributed by atoms with Crippen molar-refractivity contribution < 1.29 is 22.7 Å². The summed E-state index contributed by atoms with van der Waals surface area (Å²) in [7, 11) is -1.08. The number of aryl methyl sites for hydroxylation is 1. The monoisotopic (exact) mass is 459 g/mol. The topological polar surface area (TPSA) is 106 Å². The van der Waals surface area contributed by atoms with Crippen LogP contribution in [0.25, 0.3) is 0 Å². The standard InChI is InChI=1S/C21H21N3O5S2/c1-13-9-10-15(31(27,28)24(3)18-7-5-6-8-19(18)29-4)11-16(13)20(26)23-21-22-17(12-30-21)14(2)25/h5-12H,1-4H3,(H,22,23,26). The van der Waals surface area contributed by atoms with Gasteiger partial charge in [-0.1, -0.05) is 18.2 Å². The Labute approximate surface area is 184 Å². The molecule has 1 amide bonds. The first-order valence-corrected chi connectivity index (χ1v) is 11.5. The summed E-state index contributed by atoms with van der Waals surface area (Å²) in [6, 6.07) is 11.1. The molecule has 1 N–H and O–H groups in total. The minimum absolute atomic E-state index is 0.0415. The zero-order valence-corrected chi connectivity index (χ0v) is 19.0. The number of anilines is 2. The number of benzene rings is 2. The lowest BCUT2D eigenvalue weighted by atomic mass is 10.1. The fourth-order valence-electron chi connectivity index (χ4n) is 2.84. The van der Waals surface area contributed by atoms with Crippen molar-refractivity contribution >= 4 is 43.9 Å². The van der Waals surface area contributed by atoms with Crippen LogP contribution in [0.5, 0.6) is 5.75 Å². The van der Waals surface area contributed by atoms with E-state index in [0.29, 0.717) is 17.0 Å². The van der Waals surface area contributed by atoms with E-state index in [-0.39, 0.29) is 27.1 Å². The first-order valence-electron chi connectivity index (χ1n) is 9.15. The van der Waals surface area contributed by atoms with Gasteiger partial charge in [-0.05, 0) is 36.8 Å². The number of sulfonamides is 1. The molecule has 10 heteroatoms. The fourth-order valence-corrected chi connectivity index (χ4v) is 4.82. The smallest absolute Gasteiger partial charge is 0.264 e. The summed E-state index contributed by atoms with van der Waals surface area (Å²) in [6.45, 7) is 3.09.